The van der Waals surface area contributed by atoms with Crippen molar-refractivity contribution in [1.82, 2.24) is 10.2 Å². The molecule has 10 heavy (non-hydrogen) atoms. The van der Waals surface area contributed by atoms with Gasteiger partial charge in [-0.1, -0.05) is 0 Å². The summed E-state index contributed by atoms with van der Waals surface area (Å²) < 4.78 is 0. The van der Waals surface area contributed by atoms with Gasteiger partial charge in [-0.3, -0.25) is 0 Å². The second-order valence-corrected chi connectivity index (χ2v) is 2.39. The number of rotatable bonds is 0. The molecule has 4 nitrogen and oxygen atoms in total. The van der Waals surface area contributed by atoms with Crippen molar-refractivity contribution in [3.8, 4) is 0 Å². The summed E-state index contributed by atoms with van der Waals surface area (Å²) in [4.78, 5) is 10.1. The summed E-state index contributed by atoms with van der Waals surface area (Å²) in [7, 11) is 3.90. The molecule has 1 heterocycles. The van der Waals surface area contributed by atoms with E-state index in [9.17, 15) is 0 Å². The molecule has 0 unspecified atom stereocenters. The minimum atomic E-state index is 0.548. The van der Waals surface area contributed by atoms with Crippen molar-refractivity contribution in [3.63, 3.8) is 0 Å². The third-order valence-electron chi connectivity index (χ3n) is 1.24. The number of nitrogens with zero attached hydrogens (tertiary/aromatic N) is 3. The molecule has 1 rings (SSSR count). The maximum absolute atomic E-state index is 4.12. The molecule has 1 aliphatic heterocycles. The van der Waals surface area contributed by atoms with E-state index < -0.39 is 0 Å². The van der Waals surface area contributed by atoms with Crippen LogP contribution in [0, 0.1) is 0 Å². The first-order chi connectivity index (χ1) is 4.70. The maximum Gasteiger partial charge on any atom is 0.200 e. The van der Waals surface area contributed by atoms with Gasteiger partial charge in [-0.05, 0) is 6.92 Å². The van der Waals surface area contributed by atoms with E-state index >= 15 is 0 Å². The normalized spacial score (nSPS) is 17.1. The molecule has 1 N–H and O–H groups in total. The fourth-order valence-corrected chi connectivity index (χ4v) is 0.702. The van der Waals surface area contributed by atoms with Crippen molar-refractivity contribution >= 4 is 11.8 Å². The molecule has 56 valence electrons. The topological polar surface area (TPSA) is 40.0 Å². The Morgan fingerprint density at radius 2 is 2.10 bits per heavy atom. The third kappa shape index (κ3) is 1.46. The Labute approximate surface area is 60.7 Å². The van der Waals surface area contributed by atoms with Crippen LogP contribution >= 0.6 is 0 Å². The quantitative estimate of drug-likeness (QED) is 0.509. The van der Waals surface area contributed by atoms with E-state index in [-0.39, 0.29) is 0 Å². The van der Waals surface area contributed by atoms with Crippen molar-refractivity contribution in [3.05, 3.63) is 0 Å². The van der Waals surface area contributed by atoms with Gasteiger partial charge in [0.2, 0.25) is 5.96 Å². The van der Waals surface area contributed by atoms with Crippen LogP contribution in [-0.2, 0) is 0 Å². The van der Waals surface area contributed by atoms with Crippen LogP contribution in [-0.4, -0.2) is 37.5 Å². The lowest BCUT2D eigenvalue weighted by atomic mass is 10.6. The predicted octanol–water partition coefficient (Wildman–Crippen LogP) is -0.117. The SMILES string of the molecule is CC1=NCN=C(N(C)C)N1. The van der Waals surface area contributed by atoms with E-state index in [4.69, 9.17) is 0 Å². The number of guanidine groups is 1. The van der Waals surface area contributed by atoms with Crippen molar-refractivity contribution in [2.24, 2.45) is 9.98 Å². The molecule has 4 heteroatoms. The zero-order chi connectivity index (χ0) is 7.56. The number of hydrogen-bond donors (Lipinski definition) is 1. The second kappa shape index (κ2) is 2.68. The second-order valence-electron chi connectivity index (χ2n) is 2.39. The van der Waals surface area contributed by atoms with E-state index in [0.29, 0.717) is 6.67 Å². The van der Waals surface area contributed by atoms with Gasteiger partial charge in [0.15, 0.2) is 0 Å². The lowest BCUT2D eigenvalue weighted by Crippen LogP contribution is -2.41. The lowest BCUT2D eigenvalue weighted by Gasteiger charge is -2.19. The Bertz CT molecular complexity index is 180. The van der Waals surface area contributed by atoms with Crippen LogP contribution in [0.15, 0.2) is 9.98 Å². The van der Waals surface area contributed by atoms with Crippen molar-refractivity contribution in [2.75, 3.05) is 20.8 Å². The largest absolute Gasteiger partial charge is 0.349 e. The molecular formula is C6H12N4. The van der Waals surface area contributed by atoms with Crippen LogP contribution in [0.2, 0.25) is 0 Å². The summed E-state index contributed by atoms with van der Waals surface area (Å²) in [5.41, 5.74) is 0. The molecule has 0 amide bonds. The third-order valence-corrected chi connectivity index (χ3v) is 1.24. The molecule has 0 aromatic rings. The van der Waals surface area contributed by atoms with E-state index in [0.717, 1.165) is 11.8 Å². The number of amidine groups is 1. The monoisotopic (exact) mass is 140 g/mol. The highest BCUT2D eigenvalue weighted by molar-refractivity contribution is 5.99. The maximum atomic E-state index is 4.12. The van der Waals surface area contributed by atoms with E-state index in [2.05, 4.69) is 15.3 Å². The highest BCUT2D eigenvalue weighted by Gasteiger charge is 2.04. The summed E-state index contributed by atoms with van der Waals surface area (Å²) in [6.07, 6.45) is 0. The van der Waals surface area contributed by atoms with E-state index in [1.54, 1.807) is 0 Å². The van der Waals surface area contributed by atoms with Gasteiger partial charge in [-0.15, -0.1) is 0 Å². The minimum absolute atomic E-state index is 0.548. The Balaban J connectivity index is 2.57. The lowest BCUT2D eigenvalue weighted by molar-refractivity contribution is 0.596. The summed E-state index contributed by atoms with van der Waals surface area (Å²) >= 11 is 0. The molecule has 0 fully saturated rings. The summed E-state index contributed by atoms with van der Waals surface area (Å²) in [5.74, 6) is 1.81. The van der Waals surface area contributed by atoms with Gasteiger partial charge in [-0.25, -0.2) is 9.98 Å². The van der Waals surface area contributed by atoms with Gasteiger partial charge in [0.1, 0.15) is 12.5 Å². The molecule has 1 aliphatic rings. The standard InChI is InChI=1S/C6H12N4/c1-5-7-4-8-6(9-5)10(2)3/h4H2,1-3H3,(H,7,8,9). The van der Waals surface area contributed by atoms with Gasteiger partial charge in [0, 0.05) is 14.1 Å². The molecule has 0 radical (unpaired) electrons. The van der Waals surface area contributed by atoms with Crippen LogP contribution < -0.4 is 5.32 Å². The summed E-state index contributed by atoms with van der Waals surface area (Å²) in [5, 5.41) is 3.04. The molecule has 0 saturated heterocycles. The fourth-order valence-electron chi connectivity index (χ4n) is 0.702. The van der Waals surface area contributed by atoms with Crippen LogP contribution in [0.5, 0.6) is 0 Å². The Morgan fingerprint density at radius 1 is 1.40 bits per heavy atom. The van der Waals surface area contributed by atoms with Gasteiger partial charge >= 0.3 is 0 Å². The first-order valence-corrected chi connectivity index (χ1v) is 3.20. The average Bonchev–Trinajstić information content (AvgIpc) is 1.88. The first kappa shape index (κ1) is 7.05. The van der Waals surface area contributed by atoms with Crippen LogP contribution in [0.3, 0.4) is 0 Å². The molecule has 0 spiro atoms. The van der Waals surface area contributed by atoms with Crippen molar-refractivity contribution in [2.45, 2.75) is 6.92 Å². The molecule has 0 aromatic carbocycles. The number of aliphatic imine (C=N–C) groups is 2. The van der Waals surface area contributed by atoms with Crippen molar-refractivity contribution < 1.29 is 0 Å². The van der Waals surface area contributed by atoms with Crippen LogP contribution in [0.1, 0.15) is 6.92 Å². The summed E-state index contributed by atoms with van der Waals surface area (Å²) in [6, 6.07) is 0. The van der Waals surface area contributed by atoms with E-state index in [1.807, 2.05) is 25.9 Å². The minimum Gasteiger partial charge on any atom is -0.349 e. The molecule has 0 bridgehead atoms. The molecule has 0 saturated carbocycles. The Hall–Kier alpha value is -1.06. The van der Waals surface area contributed by atoms with Gasteiger partial charge < -0.3 is 10.2 Å². The van der Waals surface area contributed by atoms with E-state index in [1.165, 1.54) is 0 Å². The fraction of sp³-hybridized carbons (Fsp3) is 0.667. The van der Waals surface area contributed by atoms with Gasteiger partial charge in [0.25, 0.3) is 0 Å². The Kier molecular flexibility index (Phi) is 1.89. The Morgan fingerprint density at radius 3 is 2.50 bits per heavy atom. The molecule has 0 aliphatic carbocycles. The summed E-state index contributed by atoms with van der Waals surface area (Å²) in [6.45, 7) is 2.48. The average molecular weight is 140 g/mol. The smallest absolute Gasteiger partial charge is 0.200 e. The number of hydrogen-bond acceptors (Lipinski definition) is 4. The first-order valence-electron chi connectivity index (χ1n) is 3.20. The predicted molar refractivity (Wildman–Crippen MR) is 42.2 cm³/mol. The highest BCUT2D eigenvalue weighted by Crippen LogP contribution is 1.88. The van der Waals surface area contributed by atoms with Crippen LogP contribution in [0.4, 0.5) is 0 Å². The molecular weight excluding hydrogens is 128 g/mol. The molecule has 0 aromatic heterocycles. The van der Waals surface area contributed by atoms with Gasteiger partial charge in [0.05, 0.1) is 0 Å². The highest BCUT2D eigenvalue weighted by atomic mass is 15.3. The number of nitrogens with one attached hydrogen (secondary N) is 1. The van der Waals surface area contributed by atoms with Gasteiger partial charge in [-0.2, -0.15) is 0 Å². The zero-order valence-electron chi connectivity index (χ0n) is 6.55. The molecule has 0 atom stereocenters. The van der Waals surface area contributed by atoms with Crippen molar-refractivity contribution in [1.29, 1.82) is 0 Å². The van der Waals surface area contributed by atoms with Crippen LogP contribution in [0.25, 0.3) is 0 Å². The zero-order valence-corrected chi connectivity index (χ0v) is 6.55.